The Morgan fingerprint density at radius 3 is 2.82 bits per heavy atom. The maximum Gasteiger partial charge on any atom is 0.0637 e. The maximum absolute atomic E-state index is 6.13. The first-order chi connectivity index (χ1) is 8.16. The van der Waals surface area contributed by atoms with Gasteiger partial charge < -0.3 is 10.6 Å². The molecule has 0 spiro atoms. The van der Waals surface area contributed by atoms with Crippen LogP contribution in [0.3, 0.4) is 0 Å². The minimum absolute atomic E-state index is 0.436. The second-order valence-electron chi connectivity index (χ2n) is 4.68. The smallest absolute Gasteiger partial charge is 0.0637 e. The van der Waals surface area contributed by atoms with Gasteiger partial charge in [-0.1, -0.05) is 35.3 Å². The topological polar surface area (TPSA) is 24.1 Å². The summed E-state index contributed by atoms with van der Waals surface area (Å²) < 4.78 is 0. The number of benzene rings is 1. The molecule has 0 radical (unpaired) electrons. The van der Waals surface area contributed by atoms with Crippen molar-refractivity contribution in [2.24, 2.45) is 0 Å². The van der Waals surface area contributed by atoms with Crippen LogP contribution < -0.4 is 10.6 Å². The van der Waals surface area contributed by atoms with Gasteiger partial charge in [-0.3, -0.25) is 0 Å². The third kappa shape index (κ3) is 4.14. The molecule has 4 heteroatoms. The van der Waals surface area contributed by atoms with E-state index < -0.39 is 0 Å². The molecule has 2 nitrogen and oxygen atoms in total. The van der Waals surface area contributed by atoms with Gasteiger partial charge in [0.05, 0.1) is 10.0 Å². The lowest BCUT2D eigenvalue weighted by Gasteiger charge is -2.15. The summed E-state index contributed by atoms with van der Waals surface area (Å²) in [5.41, 5.74) is 1.05. The van der Waals surface area contributed by atoms with Gasteiger partial charge in [-0.2, -0.15) is 0 Å². The fraction of sp³-hybridized carbons (Fsp3) is 0.538. The fourth-order valence-electron chi connectivity index (χ4n) is 1.67. The van der Waals surface area contributed by atoms with E-state index >= 15 is 0 Å². The summed E-state index contributed by atoms with van der Waals surface area (Å²) in [7, 11) is 0. The summed E-state index contributed by atoms with van der Waals surface area (Å²) in [6, 6.07) is 6.94. The molecule has 2 rings (SSSR count). The van der Waals surface area contributed by atoms with Crippen molar-refractivity contribution in [3.05, 3.63) is 33.8 Å². The van der Waals surface area contributed by atoms with Gasteiger partial charge in [0.2, 0.25) is 0 Å². The molecule has 0 aliphatic heterocycles. The monoisotopic (exact) mass is 272 g/mol. The van der Waals surface area contributed by atoms with E-state index in [1.807, 2.05) is 18.2 Å². The summed E-state index contributed by atoms with van der Waals surface area (Å²) in [6.07, 6.45) is 2.65. The maximum atomic E-state index is 6.13. The lowest BCUT2D eigenvalue weighted by atomic mass is 10.2. The Morgan fingerprint density at radius 2 is 2.12 bits per heavy atom. The Hall–Kier alpha value is -0.280. The molecule has 0 heterocycles. The van der Waals surface area contributed by atoms with Crippen LogP contribution in [0, 0.1) is 0 Å². The molecule has 1 aromatic rings. The molecule has 1 unspecified atom stereocenters. The summed E-state index contributed by atoms with van der Waals surface area (Å²) in [4.78, 5) is 0. The predicted molar refractivity (Wildman–Crippen MR) is 73.8 cm³/mol. The van der Waals surface area contributed by atoms with E-state index in [9.17, 15) is 0 Å². The van der Waals surface area contributed by atoms with Crippen molar-refractivity contribution in [1.29, 1.82) is 0 Å². The third-order valence-corrected chi connectivity index (χ3v) is 3.82. The zero-order chi connectivity index (χ0) is 12.3. The zero-order valence-electron chi connectivity index (χ0n) is 9.97. The van der Waals surface area contributed by atoms with E-state index in [0.29, 0.717) is 16.1 Å². The zero-order valence-corrected chi connectivity index (χ0v) is 11.5. The van der Waals surface area contributed by atoms with Crippen LogP contribution in [0.25, 0.3) is 0 Å². The lowest BCUT2D eigenvalue weighted by molar-refractivity contribution is 0.500. The lowest BCUT2D eigenvalue weighted by Crippen LogP contribution is -2.36. The Labute approximate surface area is 113 Å². The standard InChI is InChI=1S/C13H18Cl2N2/c1-9(7-17-11-5-6-11)16-8-10-3-2-4-12(14)13(10)15/h2-4,9,11,16-17H,5-8H2,1H3. The van der Waals surface area contributed by atoms with E-state index in [2.05, 4.69) is 17.6 Å². The molecule has 0 aromatic heterocycles. The average molecular weight is 273 g/mol. The molecule has 94 valence electrons. The number of hydrogen-bond acceptors (Lipinski definition) is 2. The molecule has 1 aromatic carbocycles. The van der Waals surface area contributed by atoms with Crippen LogP contribution in [-0.4, -0.2) is 18.6 Å². The minimum Gasteiger partial charge on any atom is -0.312 e. The quantitative estimate of drug-likeness (QED) is 0.831. The van der Waals surface area contributed by atoms with Crippen molar-refractivity contribution in [1.82, 2.24) is 10.6 Å². The van der Waals surface area contributed by atoms with Gasteiger partial charge in [-0.05, 0) is 31.4 Å². The van der Waals surface area contributed by atoms with Crippen LogP contribution in [0.5, 0.6) is 0 Å². The number of halogens is 2. The SMILES string of the molecule is CC(CNC1CC1)NCc1cccc(Cl)c1Cl. The van der Waals surface area contributed by atoms with Crippen molar-refractivity contribution in [3.63, 3.8) is 0 Å². The molecule has 2 N–H and O–H groups in total. The molecule has 17 heavy (non-hydrogen) atoms. The van der Waals surface area contributed by atoms with Gasteiger partial charge in [-0.25, -0.2) is 0 Å². The average Bonchev–Trinajstić information content (AvgIpc) is 3.12. The Morgan fingerprint density at radius 1 is 1.35 bits per heavy atom. The second kappa shape index (κ2) is 6.05. The molecule has 1 aliphatic rings. The van der Waals surface area contributed by atoms with E-state index in [0.717, 1.165) is 24.7 Å². The first kappa shape index (κ1) is 13.2. The van der Waals surface area contributed by atoms with Crippen LogP contribution in [0.1, 0.15) is 25.3 Å². The number of rotatable bonds is 6. The van der Waals surface area contributed by atoms with Crippen molar-refractivity contribution in [3.8, 4) is 0 Å². The van der Waals surface area contributed by atoms with Crippen molar-refractivity contribution in [2.75, 3.05) is 6.54 Å². The van der Waals surface area contributed by atoms with Gasteiger partial charge in [-0.15, -0.1) is 0 Å². The second-order valence-corrected chi connectivity index (χ2v) is 5.46. The predicted octanol–water partition coefficient (Wildman–Crippen LogP) is 3.22. The molecule has 1 aliphatic carbocycles. The summed E-state index contributed by atoms with van der Waals surface area (Å²) >= 11 is 12.1. The molecule has 0 saturated heterocycles. The molecule has 0 amide bonds. The molecule has 1 atom stereocenters. The first-order valence-electron chi connectivity index (χ1n) is 6.06. The van der Waals surface area contributed by atoms with E-state index in [4.69, 9.17) is 23.2 Å². The minimum atomic E-state index is 0.436. The van der Waals surface area contributed by atoms with Crippen LogP contribution in [0.2, 0.25) is 10.0 Å². The van der Waals surface area contributed by atoms with Gasteiger partial charge >= 0.3 is 0 Å². The highest BCUT2D eigenvalue weighted by atomic mass is 35.5. The number of nitrogens with one attached hydrogen (secondary N) is 2. The van der Waals surface area contributed by atoms with Crippen molar-refractivity contribution in [2.45, 2.75) is 38.4 Å². The summed E-state index contributed by atoms with van der Waals surface area (Å²) in [5.74, 6) is 0. The van der Waals surface area contributed by atoms with E-state index in [1.54, 1.807) is 0 Å². The van der Waals surface area contributed by atoms with Gasteiger partial charge in [0.25, 0.3) is 0 Å². The summed E-state index contributed by atoms with van der Waals surface area (Å²) in [5, 5.41) is 8.22. The van der Waals surface area contributed by atoms with Gasteiger partial charge in [0, 0.05) is 25.2 Å². The molecule has 0 bridgehead atoms. The summed E-state index contributed by atoms with van der Waals surface area (Å²) in [6.45, 7) is 3.93. The Kier molecular flexibility index (Phi) is 4.69. The van der Waals surface area contributed by atoms with E-state index in [1.165, 1.54) is 12.8 Å². The normalized spacial score (nSPS) is 17.1. The van der Waals surface area contributed by atoms with E-state index in [-0.39, 0.29) is 0 Å². The third-order valence-electron chi connectivity index (χ3n) is 2.96. The van der Waals surface area contributed by atoms with Crippen LogP contribution in [0.4, 0.5) is 0 Å². The largest absolute Gasteiger partial charge is 0.312 e. The van der Waals surface area contributed by atoms with Gasteiger partial charge in [0.1, 0.15) is 0 Å². The Balaban J connectivity index is 1.77. The molecule has 1 fully saturated rings. The fourth-order valence-corrected chi connectivity index (χ4v) is 2.06. The highest BCUT2D eigenvalue weighted by molar-refractivity contribution is 6.42. The molecular formula is C13H18Cl2N2. The Bertz CT molecular complexity index is 378. The van der Waals surface area contributed by atoms with Crippen molar-refractivity contribution >= 4 is 23.2 Å². The van der Waals surface area contributed by atoms with Gasteiger partial charge in [0.15, 0.2) is 0 Å². The highest BCUT2D eigenvalue weighted by Crippen LogP contribution is 2.25. The van der Waals surface area contributed by atoms with Crippen LogP contribution >= 0.6 is 23.2 Å². The van der Waals surface area contributed by atoms with Crippen LogP contribution in [0.15, 0.2) is 18.2 Å². The van der Waals surface area contributed by atoms with Crippen LogP contribution in [-0.2, 0) is 6.54 Å². The highest BCUT2D eigenvalue weighted by Gasteiger charge is 2.20. The van der Waals surface area contributed by atoms with Crippen molar-refractivity contribution < 1.29 is 0 Å². The first-order valence-corrected chi connectivity index (χ1v) is 6.82. The number of hydrogen-bond donors (Lipinski definition) is 2. The molecular weight excluding hydrogens is 255 g/mol. The molecule has 1 saturated carbocycles.